The molecule has 0 saturated carbocycles. The van der Waals surface area contributed by atoms with Crippen molar-refractivity contribution in [3.63, 3.8) is 0 Å². The normalized spacial score (nSPS) is 20.8. The van der Waals surface area contributed by atoms with Gasteiger partial charge in [-0.05, 0) is 56.4 Å². The Labute approximate surface area is 196 Å². The van der Waals surface area contributed by atoms with Crippen LogP contribution in [0.3, 0.4) is 0 Å². The molecule has 2 fully saturated rings. The van der Waals surface area contributed by atoms with Crippen LogP contribution in [0.5, 0.6) is 0 Å². The Morgan fingerprint density at radius 1 is 1.12 bits per heavy atom. The number of benzene rings is 1. The van der Waals surface area contributed by atoms with Crippen molar-refractivity contribution >= 4 is 16.9 Å². The second kappa shape index (κ2) is 8.68. The van der Waals surface area contributed by atoms with E-state index in [4.69, 9.17) is 9.72 Å². The van der Waals surface area contributed by atoms with Crippen molar-refractivity contribution in [1.82, 2.24) is 24.4 Å². The van der Waals surface area contributed by atoms with E-state index < -0.39 is 0 Å². The lowest BCUT2D eigenvalue weighted by molar-refractivity contribution is -0.0310. The number of ether oxygens (including phenoxy) is 1. The second-order valence-corrected chi connectivity index (χ2v) is 9.00. The fourth-order valence-corrected chi connectivity index (χ4v) is 5.17. The lowest BCUT2D eigenvalue weighted by Gasteiger charge is -2.25. The first-order valence-electron chi connectivity index (χ1n) is 11.9. The van der Waals surface area contributed by atoms with Crippen LogP contribution in [0.1, 0.15) is 60.4 Å². The second-order valence-electron chi connectivity index (χ2n) is 9.00. The van der Waals surface area contributed by atoms with Gasteiger partial charge in [0.05, 0.1) is 30.0 Å². The van der Waals surface area contributed by atoms with Gasteiger partial charge in [0, 0.05) is 24.1 Å². The van der Waals surface area contributed by atoms with E-state index in [0.717, 1.165) is 55.5 Å². The van der Waals surface area contributed by atoms with Crippen LogP contribution < -0.4 is 0 Å². The zero-order chi connectivity index (χ0) is 23.1. The molecule has 5 heterocycles. The van der Waals surface area contributed by atoms with Crippen LogP contribution in [0.15, 0.2) is 55.0 Å². The maximum atomic E-state index is 14.4. The van der Waals surface area contributed by atoms with Gasteiger partial charge in [-0.2, -0.15) is 0 Å². The van der Waals surface area contributed by atoms with Gasteiger partial charge in [-0.1, -0.05) is 18.2 Å². The molecule has 1 unspecified atom stereocenters. The monoisotopic (exact) mass is 459 g/mol. The molecule has 174 valence electrons. The van der Waals surface area contributed by atoms with Gasteiger partial charge >= 0.3 is 0 Å². The third-order valence-electron chi connectivity index (χ3n) is 6.88. The largest absolute Gasteiger partial charge is 0.358 e. The van der Waals surface area contributed by atoms with E-state index in [1.54, 1.807) is 29.6 Å². The minimum absolute atomic E-state index is 0.0324. The molecule has 2 atom stereocenters. The first-order valence-corrected chi connectivity index (χ1v) is 11.9. The fraction of sp³-hybridized carbons (Fsp3) is 0.346. The van der Waals surface area contributed by atoms with Gasteiger partial charge in [0.15, 0.2) is 0 Å². The number of aromatic nitrogens is 4. The van der Waals surface area contributed by atoms with Gasteiger partial charge in [-0.15, -0.1) is 0 Å². The number of nitrogens with one attached hydrogen (secondary N) is 1. The minimum atomic E-state index is -0.270. The highest BCUT2D eigenvalue weighted by molar-refractivity contribution is 5.98. The Bertz CT molecular complexity index is 1340. The van der Waals surface area contributed by atoms with Gasteiger partial charge < -0.3 is 19.2 Å². The number of carbonyl (C=O) groups is 1. The molecular weight excluding hydrogens is 433 g/mol. The molecule has 6 rings (SSSR count). The summed E-state index contributed by atoms with van der Waals surface area (Å²) in [6.07, 6.45) is 8.31. The summed E-state index contributed by atoms with van der Waals surface area (Å²) < 4.78 is 22.4. The Hall–Kier alpha value is -3.52. The van der Waals surface area contributed by atoms with Crippen molar-refractivity contribution in [2.24, 2.45) is 0 Å². The fourth-order valence-electron chi connectivity index (χ4n) is 5.17. The average Bonchev–Trinajstić information content (AvgIpc) is 3.63. The number of aromatic amines is 1. The maximum absolute atomic E-state index is 14.4. The van der Waals surface area contributed by atoms with E-state index in [1.165, 1.54) is 6.07 Å². The number of hydrogen-bond donors (Lipinski definition) is 1. The average molecular weight is 460 g/mol. The summed E-state index contributed by atoms with van der Waals surface area (Å²) >= 11 is 0. The van der Waals surface area contributed by atoms with Crippen molar-refractivity contribution in [3.05, 3.63) is 72.1 Å². The number of hydrogen-bond acceptors (Lipinski definition) is 4. The topological polar surface area (TPSA) is 76.0 Å². The van der Waals surface area contributed by atoms with Crippen molar-refractivity contribution in [2.45, 2.75) is 44.4 Å². The van der Waals surface area contributed by atoms with E-state index in [9.17, 15) is 9.18 Å². The predicted octanol–water partition coefficient (Wildman–Crippen LogP) is 5.24. The number of rotatable bonds is 4. The van der Waals surface area contributed by atoms with E-state index in [1.807, 2.05) is 28.8 Å². The SMILES string of the molecule is O=C(c1cc2ccc(-c3cncn3C3CCCCO3)nc2[nH]1)N1CCC[C@@H]1c1ccccc1F. The summed E-state index contributed by atoms with van der Waals surface area (Å²) in [5.74, 6) is -0.403. The smallest absolute Gasteiger partial charge is 0.270 e. The summed E-state index contributed by atoms with van der Waals surface area (Å²) in [5.41, 5.74) is 3.33. The summed E-state index contributed by atoms with van der Waals surface area (Å²) in [7, 11) is 0. The molecule has 0 aliphatic carbocycles. The molecule has 4 aromatic rings. The molecule has 3 aromatic heterocycles. The number of pyridine rings is 1. The zero-order valence-electron chi connectivity index (χ0n) is 18.8. The molecule has 34 heavy (non-hydrogen) atoms. The van der Waals surface area contributed by atoms with Crippen LogP contribution in [0, 0.1) is 5.82 Å². The van der Waals surface area contributed by atoms with Crippen molar-refractivity contribution < 1.29 is 13.9 Å². The number of fused-ring (bicyclic) bond motifs is 1. The quantitative estimate of drug-likeness (QED) is 0.453. The molecular formula is C26H26FN5O2. The van der Waals surface area contributed by atoms with Gasteiger partial charge in [0.25, 0.3) is 5.91 Å². The molecule has 2 saturated heterocycles. The van der Waals surface area contributed by atoms with Gasteiger partial charge in [-0.25, -0.2) is 14.4 Å². The molecule has 0 bridgehead atoms. The molecule has 1 amide bonds. The molecule has 0 spiro atoms. The first-order chi connectivity index (χ1) is 16.7. The zero-order valence-corrected chi connectivity index (χ0v) is 18.8. The predicted molar refractivity (Wildman–Crippen MR) is 126 cm³/mol. The Morgan fingerprint density at radius 3 is 2.88 bits per heavy atom. The molecule has 8 heteroatoms. The Kier molecular flexibility index (Phi) is 5.37. The van der Waals surface area contributed by atoms with Crippen molar-refractivity contribution in [3.8, 4) is 11.4 Å². The summed E-state index contributed by atoms with van der Waals surface area (Å²) in [6, 6.07) is 12.2. The van der Waals surface area contributed by atoms with Crippen LogP contribution in [0.4, 0.5) is 4.39 Å². The third-order valence-corrected chi connectivity index (χ3v) is 6.88. The molecule has 2 aliphatic rings. The standard InChI is InChI=1S/C26H26FN5O2/c27-19-7-2-1-6-18(19)22-8-5-12-31(22)26(33)21-14-17-10-11-20(29-25(17)30-21)23-15-28-16-32(23)24-9-3-4-13-34-24/h1-2,6-7,10-11,14-16,22,24H,3-5,8-9,12-13H2,(H,29,30)/t22-,24?/m1/s1. The summed E-state index contributed by atoms with van der Waals surface area (Å²) in [6.45, 7) is 1.35. The van der Waals surface area contributed by atoms with Gasteiger partial charge in [0.2, 0.25) is 0 Å². The van der Waals surface area contributed by atoms with E-state index in [0.29, 0.717) is 23.4 Å². The number of likely N-dealkylation sites (tertiary alicyclic amines) is 1. The minimum Gasteiger partial charge on any atom is -0.358 e. The van der Waals surface area contributed by atoms with E-state index in [-0.39, 0.29) is 24.0 Å². The number of halogens is 1. The molecule has 7 nitrogen and oxygen atoms in total. The third kappa shape index (κ3) is 3.68. The van der Waals surface area contributed by atoms with E-state index in [2.05, 4.69) is 9.97 Å². The Balaban J connectivity index is 1.29. The molecule has 2 aliphatic heterocycles. The Morgan fingerprint density at radius 2 is 2.03 bits per heavy atom. The van der Waals surface area contributed by atoms with Crippen molar-refractivity contribution in [1.29, 1.82) is 0 Å². The van der Waals surface area contributed by atoms with Crippen LogP contribution >= 0.6 is 0 Å². The molecule has 1 aromatic carbocycles. The summed E-state index contributed by atoms with van der Waals surface area (Å²) in [4.78, 5) is 27.5. The highest BCUT2D eigenvalue weighted by Crippen LogP contribution is 2.35. The summed E-state index contributed by atoms with van der Waals surface area (Å²) in [5, 5.41) is 0.855. The van der Waals surface area contributed by atoms with Crippen LogP contribution in [0.2, 0.25) is 0 Å². The maximum Gasteiger partial charge on any atom is 0.270 e. The van der Waals surface area contributed by atoms with Gasteiger partial charge in [0.1, 0.15) is 23.4 Å². The number of amides is 1. The van der Waals surface area contributed by atoms with Gasteiger partial charge in [-0.3, -0.25) is 4.79 Å². The highest BCUT2D eigenvalue weighted by Gasteiger charge is 2.33. The lowest BCUT2D eigenvalue weighted by Crippen LogP contribution is -2.31. The number of imidazole rings is 1. The number of carbonyl (C=O) groups excluding carboxylic acids is 1. The number of nitrogens with zero attached hydrogens (tertiary/aromatic N) is 4. The van der Waals surface area contributed by atoms with Crippen LogP contribution in [-0.2, 0) is 4.74 Å². The first kappa shape index (κ1) is 21.0. The highest BCUT2D eigenvalue weighted by atomic mass is 19.1. The van der Waals surface area contributed by atoms with Crippen LogP contribution in [-0.4, -0.2) is 43.5 Å². The molecule has 1 N–H and O–H groups in total. The lowest BCUT2D eigenvalue weighted by atomic mass is 10.0. The van der Waals surface area contributed by atoms with E-state index >= 15 is 0 Å². The van der Waals surface area contributed by atoms with Crippen molar-refractivity contribution in [2.75, 3.05) is 13.2 Å². The van der Waals surface area contributed by atoms with Crippen LogP contribution in [0.25, 0.3) is 22.4 Å². The molecule has 0 radical (unpaired) electrons. The number of H-pyrrole nitrogens is 1.